The maximum Gasteiger partial charge on any atom is 0.408 e. The summed E-state index contributed by atoms with van der Waals surface area (Å²) in [6.07, 6.45) is -1.55. The fraction of sp³-hybridized carbons (Fsp3) is 0.667. The molecule has 0 aromatic heterocycles. The number of amides is 6. The summed E-state index contributed by atoms with van der Waals surface area (Å²) < 4.78 is 21.1. The van der Waals surface area contributed by atoms with Gasteiger partial charge < -0.3 is 50.8 Å². The average molecular weight is 737 g/mol. The fourth-order valence-corrected chi connectivity index (χ4v) is 4.35. The van der Waals surface area contributed by atoms with E-state index in [0.29, 0.717) is 19.3 Å². The normalized spacial score (nSPS) is 12.6. The minimum Gasteiger partial charge on any atom is -0.445 e. The Morgan fingerprint density at radius 2 is 1.08 bits per heavy atom. The highest BCUT2D eigenvalue weighted by molar-refractivity contribution is 5.85. The van der Waals surface area contributed by atoms with E-state index in [0.717, 1.165) is 5.56 Å². The summed E-state index contributed by atoms with van der Waals surface area (Å²) in [6, 6.07) is 7.48. The molecule has 0 unspecified atom stereocenters. The number of hydrogen-bond donors (Lipinski definition) is 6. The van der Waals surface area contributed by atoms with Gasteiger partial charge in [-0.3, -0.25) is 9.59 Å². The van der Waals surface area contributed by atoms with Crippen LogP contribution in [0.2, 0.25) is 0 Å². The van der Waals surface area contributed by atoms with Crippen molar-refractivity contribution in [3.8, 4) is 0 Å². The molecule has 16 nitrogen and oxygen atoms in total. The van der Waals surface area contributed by atoms with Gasteiger partial charge in [0.2, 0.25) is 11.8 Å². The standard InChI is InChI=1S/C36H60N6O10/c1-34(2,3)50-30(45)39-20-14-18-27(42-32(47)49-24-25-15-11-10-12-16-25)29(44)38-19-13-17-26(41-33(48)52-36(7,8)9)23-28(43)37-21-22-40-31(46)51-35(4,5)6/h10-12,15-16,26-27H,13-14,17-24H2,1-9H3,(H,37,43)(H,38,44)(H,39,45)(H,40,46)(H,41,48)(H,42,47)/t26-,27-/m0/s1. The van der Waals surface area contributed by atoms with E-state index in [1.165, 1.54) is 0 Å². The molecule has 0 radical (unpaired) electrons. The fourth-order valence-electron chi connectivity index (χ4n) is 4.35. The summed E-state index contributed by atoms with van der Waals surface area (Å²) in [4.78, 5) is 74.9. The Hall–Kier alpha value is -4.76. The van der Waals surface area contributed by atoms with Gasteiger partial charge in [0.25, 0.3) is 0 Å². The van der Waals surface area contributed by atoms with E-state index in [1.807, 2.05) is 18.2 Å². The van der Waals surface area contributed by atoms with Gasteiger partial charge >= 0.3 is 24.4 Å². The van der Waals surface area contributed by atoms with E-state index in [-0.39, 0.29) is 51.5 Å². The molecule has 1 rings (SSSR count). The van der Waals surface area contributed by atoms with Crippen LogP contribution < -0.4 is 31.9 Å². The molecule has 52 heavy (non-hydrogen) atoms. The Morgan fingerprint density at radius 3 is 1.65 bits per heavy atom. The summed E-state index contributed by atoms with van der Waals surface area (Å²) in [6.45, 7) is 16.3. The quantitative estimate of drug-likeness (QED) is 0.0923. The first-order chi connectivity index (χ1) is 24.1. The number of hydrogen-bond acceptors (Lipinski definition) is 10. The molecule has 0 aliphatic carbocycles. The van der Waals surface area contributed by atoms with Crippen molar-refractivity contribution in [3.05, 3.63) is 35.9 Å². The Morgan fingerprint density at radius 1 is 0.577 bits per heavy atom. The Kier molecular flexibility index (Phi) is 19.4. The molecule has 0 fully saturated rings. The molecule has 0 saturated carbocycles. The van der Waals surface area contributed by atoms with Crippen molar-refractivity contribution in [2.75, 3.05) is 26.2 Å². The first-order valence-electron chi connectivity index (χ1n) is 17.6. The summed E-state index contributed by atoms with van der Waals surface area (Å²) >= 11 is 0. The van der Waals surface area contributed by atoms with Crippen LogP contribution in [-0.4, -0.2) is 91.3 Å². The summed E-state index contributed by atoms with van der Waals surface area (Å²) in [5.41, 5.74) is -1.30. The van der Waals surface area contributed by atoms with E-state index in [9.17, 15) is 28.8 Å². The van der Waals surface area contributed by atoms with Crippen molar-refractivity contribution in [2.24, 2.45) is 0 Å². The van der Waals surface area contributed by atoms with Crippen molar-refractivity contribution in [1.29, 1.82) is 0 Å². The molecule has 0 spiro atoms. The molecular formula is C36H60N6O10. The smallest absolute Gasteiger partial charge is 0.408 e. The highest BCUT2D eigenvalue weighted by Crippen LogP contribution is 2.10. The number of benzene rings is 1. The van der Waals surface area contributed by atoms with E-state index < -0.39 is 59.2 Å². The number of nitrogens with one attached hydrogen (secondary N) is 6. The lowest BCUT2D eigenvalue weighted by molar-refractivity contribution is -0.123. The van der Waals surface area contributed by atoms with Crippen molar-refractivity contribution in [2.45, 2.75) is 130 Å². The minimum atomic E-state index is -0.973. The zero-order valence-corrected chi connectivity index (χ0v) is 32.2. The number of carbonyl (C=O) groups excluding carboxylic acids is 6. The Balaban J connectivity index is 2.76. The van der Waals surface area contributed by atoms with Gasteiger partial charge in [-0.05, 0) is 93.6 Å². The van der Waals surface area contributed by atoms with E-state index in [2.05, 4.69) is 31.9 Å². The van der Waals surface area contributed by atoms with Crippen LogP contribution in [-0.2, 0) is 35.1 Å². The van der Waals surface area contributed by atoms with Crippen LogP contribution in [0.5, 0.6) is 0 Å². The van der Waals surface area contributed by atoms with Crippen LogP contribution in [0.3, 0.4) is 0 Å². The first-order valence-corrected chi connectivity index (χ1v) is 17.6. The van der Waals surface area contributed by atoms with Crippen LogP contribution in [0.4, 0.5) is 19.2 Å². The van der Waals surface area contributed by atoms with Crippen molar-refractivity contribution in [1.82, 2.24) is 31.9 Å². The third-order valence-electron chi connectivity index (χ3n) is 6.46. The second-order valence-corrected chi connectivity index (χ2v) is 15.1. The SMILES string of the molecule is CC(C)(C)OC(=O)NCCC[C@H](NC(=O)OCc1ccccc1)C(=O)NCCC[C@@H](CC(=O)NCCNC(=O)OC(C)(C)C)NC(=O)OC(C)(C)C. The number of alkyl carbamates (subject to hydrolysis) is 4. The molecule has 16 heteroatoms. The zero-order valence-electron chi connectivity index (χ0n) is 32.2. The van der Waals surface area contributed by atoms with Crippen molar-refractivity contribution in [3.63, 3.8) is 0 Å². The van der Waals surface area contributed by atoms with E-state index in [4.69, 9.17) is 18.9 Å². The summed E-state index contributed by atoms with van der Waals surface area (Å²) in [5.74, 6) is -0.838. The van der Waals surface area contributed by atoms with Crippen LogP contribution in [0.25, 0.3) is 0 Å². The zero-order chi connectivity index (χ0) is 39.4. The van der Waals surface area contributed by atoms with Gasteiger partial charge in [0.1, 0.15) is 29.5 Å². The van der Waals surface area contributed by atoms with Gasteiger partial charge in [-0.25, -0.2) is 19.2 Å². The van der Waals surface area contributed by atoms with Crippen molar-refractivity contribution >= 4 is 36.2 Å². The molecule has 0 bridgehead atoms. The molecule has 0 aliphatic heterocycles. The van der Waals surface area contributed by atoms with Crippen LogP contribution in [0, 0.1) is 0 Å². The molecule has 2 atom stereocenters. The lowest BCUT2D eigenvalue weighted by atomic mass is 10.1. The second kappa shape index (κ2) is 22.2. The third kappa shape index (κ3) is 24.4. The van der Waals surface area contributed by atoms with Gasteiger partial charge in [-0.15, -0.1) is 0 Å². The van der Waals surface area contributed by atoms with E-state index >= 15 is 0 Å². The highest BCUT2D eigenvalue weighted by atomic mass is 16.6. The van der Waals surface area contributed by atoms with Crippen LogP contribution in [0.1, 0.15) is 100.0 Å². The van der Waals surface area contributed by atoms with Gasteiger partial charge in [-0.1, -0.05) is 30.3 Å². The molecule has 294 valence electrons. The molecule has 6 amide bonds. The predicted molar refractivity (Wildman–Crippen MR) is 194 cm³/mol. The van der Waals surface area contributed by atoms with Crippen LogP contribution >= 0.6 is 0 Å². The lowest BCUT2D eigenvalue weighted by Gasteiger charge is -2.24. The van der Waals surface area contributed by atoms with Gasteiger partial charge in [0, 0.05) is 38.6 Å². The first kappa shape index (κ1) is 45.3. The average Bonchev–Trinajstić information content (AvgIpc) is 2.99. The molecule has 0 saturated heterocycles. The molecule has 0 heterocycles. The largest absolute Gasteiger partial charge is 0.445 e. The van der Waals surface area contributed by atoms with Crippen molar-refractivity contribution < 1.29 is 47.7 Å². The predicted octanol–water partition coefficient (Wildman–Crippen LogP) is 4.41. The van der Waals surface area contributed by atoms with Gasteiger partial charge in [0.05, 0.1) is 0 Å². The molecule has 6 N–H and O–H groups in total. The molecular weight excluding hydrogens is 676 g/mol. The summed E-state index contributed by atoms with van der Waals surface area (Å²) in [5, 5.41) is 16.0. The number of carbonyl (C=O) groups is 6. The minimum absolute atomic E-state index is 0.0150. The second-order valence-electron chi connectivity index (χ2n) is 15.1. The topological polar surface area (TPSA) is 212 Å². The molecule has 1 aromatic carbocycles. The van der Waals surface area contributed by atoms with E-state index in [1.54, 1.807) is 74.4 Å². The number of rotatable bonds is 18. The lowest BCUT2D eigenvalue weighted by Crippen LogP contribution is -2.47. The number of ether oxygens (including phenoxy) is 4. The third-order valence-corrected chi connectivity index (χ3v) is 6.46. The molecule has 0 aliphatic rings. The maximum absolute atomic E-state index is 13.2. The van der Waals surface area contributed by atoms with Gasteiger partial charge in [0.15, 0.2) is 0 Å². The highest BCUT2D eigenvalue weighted by Gasteiger charge is 2.24. The van der Waals surface area contributed by atoms with Crippen LogP contribution in [0.15, 0.2) is 30.3 Å². The monoisotopic (exact) mass is 736 g/mol. The molecule has 1 aromatic rings. The summed E-state index contributed by atoms with van der Waals surface area (Å²) in [7, 11) is 0. The van der Waals surface area contributed by atoms with Gasteiger partial charge in [-0.2, -0.15) is 0 Å². The Labute approximate surface area is 307 Å². The maximum atomic E-state index is 13.2. The Bertz CT molecular complexity index is 1290.